The number of piperidine rings is 1. The second-order valence-electron chi connectivity index (χ2n) is 6.93. The van der Waals surface area contributed by atoms with E-state index in [-0.39, 0.29) is 11.9 Å². The normalized spacial score (nSPS) is 19.8. The van der Waals surface area contributed by atoms with Crippen LogP contribution in [0.2, 0.25) is 0 Å². The number of hydrogen-bond donors (Lipinski definition) is 1. The number of nitrogens with two attached hydrogens (primary N) is 1. The number of likely N-dealkylation sites (tertiary alicyclic amines) is 1. The lowest BCUT2D eigenvalue weighted by atomic mass is 9.90. The van der Waals surface area contributed by atoms with Gasteiger partial charge in [-0.15, -0.1) is 11.3 Å². The molecule has 1 aliphatic heterocycles. The average Bonchev–Trinajstić information content (AvgIpc) is 3.10. The molecule has 27 heavy (non-hydrogen) atoms. The van der Waals surface area contributed by atoms with Crippen molar-refractivity contribution in [3.8, 4) is 11.5 Å². The first-order valence-electron chi connectivity index (χ1n) is 9.26. The third kappa shape index (κ3) is 4.42. The molecule has 1 amide bonds. The van der Waals surface area contributed by atoms with E-state index in [9.17, 15) is 4.79 Å². The maximum Gasteiger partial charge on any atom is 0.254 e. The van der Waals surface area contributed by atoms with E-state index in [1.54, 1.807) is 36.6 Å². The summed E-state index contributed by atoms with van der Waals surface area (Å²) in [4.78, 5) is 19.3. The number of aromatic nitrogens is 1. The summed E-state index contributed by atoms with van der Waals surface area (Å²) in [7, 11) is 1.58. The maximum absolute atomic E-state index is 13.0. The minimum absolute atomic E-state index is 0.00280. The Bertz CT molecular complexity index is 793. The van der Waals surface area contributed by atoms with E-state index in [0.717, 1.165) is 30.1 Å². The van der Waals surface area contributed by atoms with Gasteiger partial charge in [-0.3, -0.25) is 4.79 Å². The summed E-state index contributed by atoms with van der Waals surface area (Å²) in [6.07, 6.45) is 2.12. The third-order valence-corrected chi connectivity index (χ3v) is 5.89. The highest BCUT2D eigenvalue weighted by Gasteiger charge is 2.31. The SMILES string of the molecule is COc1cc(C(=O)N2CCC[C@@H](C)[C@H]2CN)ccc1OCc1csc(C)n1. The fourth-order valence-corrected chi connectivity index (χ4v) is 4.17. The number of benzene rings is 1. The van der Waals surface area contributed by atoms with Crippen LogP contribution in [0.15, 0.2) is 23.6 Å². The van der Waals surface area contributed by atoms with Crippen LogP contribution < -0.4 is 15.2 Å². The second kappa shape index (κ2) is 8.71. The van der Waals surface area contributed by atoms with Crippen molar-refractivity contribution in [3.05, 3.63) is 39.8 Å². The van der Waals surface area contributed by atoms with Gasteiger partial charge in [0.15, 0.2) is 11.5 Å². The summed E-state index contributed by atoms with van der Waals surface area (Å²) in [6, 6.07) is 5.41. The van der Waals surface area contributed by atoms with Gasteiger partial charge in [-0.1, -0.05) is 6.92 Å². The van der Waals surface area contributed by atoms with Crippen molar-refractivity contribution in [1.29, 1.82) is 0 Å². The fraction of sp³-hybridized carbons (Fsp3) is 0.500. The predicted molar refractivity (Wildman–Crippen MR) is 106 cm³/mol. The predicted octanol–water partition coefficient (Wildman–Crippen LogP) is 3.24. The Labute approximate surface area is 164 Å². The summed E-state index contributed by atoms with van der Waals surface area (Å²) < 4.78 is 11.3. The smallest absolute Gasteiger partial charge is 0.254 e. The third-order valence-electron chi connectivity index (χ3n) is 5.07. The number of carbonyl (C=O) groups excluding carboxylic acids is 1. The van der Waals surface area contributed by atoms with Crippen LogP contribution in [0.5, 0.6) is 11.5 Å². The molecule has 6 nitrogen and oxygen atoms in total. The van der Waals surface area contributed by atoms with Crippen molar-refractivity contribution in [2.45, 2.75) is 39.3 Å². The first-order valence-corrected chi connectivity index (χ1v) is 10.1. The van der Waals surface area contributed by atoms with Gasteiger partial charge in [0.1, 0.15) is 6.61 Å². The molecule has 7 heteroatoms. The monoisotopic (exact) mass is 389 g/mol. The molecule has 0 unspecified atom stereocenters. The van der Waals surface area contributed by atoms with E-state index in [4.69, 9.17) is 15.2 Å². The van der Waals surface area contributed by atoms with Gasteiger partial charge in [0.05, 0.1) is 17.8 Å². The Morgan fingerprint density at radius 3 is 2.89 bits per heavy atom. The summed E-state index contributed by atoms with van der Waals surface area (Å²) in [6.45, 7) is 5.72. The summed E-state index contributed by atoms with van der Waals surface area (Å²) in [5.41, 5.74) is 7.41. The van der Waals surface area contributed by atoms with Crippen LogP contribution in [0.25, 0.3) is 0 Å². The number of rotatable bonds is 6. The first kappa shape index (κ1) is 19.6. The van der Waals surface area contributed by atoms with E-state index < -0.39 is 0 Å². The van der Waals surface area contributed by atoms with Crippen molar-refractivity contribution < 1.29 is 14.3 Å². The number of amides is 1. The molecule has 1 saturated heterocycles. The molecule has 0 spiro atoms. The number of ether oxygens (including phenoxy) is 2. The van der Waals surface area contributed by atoms with Gasteiger partial charge in [0, 0.05) is 30.1 Å². The highest BCUT2D eigenvalue weighted by molar-refractivity contribution is 7.09. The van der Waals surface area contributed by atoms with Crippen molar-refractivity contribution in [1.82, 2.24) is 9.88 Å². The van der Waals surface area contributed by atoms with Gasteiger partial charge < -0.3 is 20.1 Å². The molecule has 2 heterocycles. The quantitative estimate of drug-likeness (QED) is 0.821. The zero-order chi connectivity index (χ0) is 19.4. The number of nitrogens with zero attached hydrogens (tertiary/aromatic N) is 2. The van der Waals surface area contributed by atoms with Crippen LogP contribution in [0, 0.1) is 12.8 Å². The first-order chi connectivity index (χ1) is 13.0. The van der Waals surface area contributed by atoms with Gasteiger partial charge in [-0.25, -0.2) is 4.98 Å². The fourth-order valence-electron chi connectivity index (χ4n) is 3.57. The van der Waals surface area contributed by atoms with Crippen LogP contribution in [0.4, 0.5) is 0 Å². The molecule has 1 aromatic carbocycles. The van der Waals surface area contributed by atoms with Gasteiger partial charge in [0.25, 0.3) is 5.91 Å². The van der Waals surface area contributed by atoms with Gasteiger partial charge in [-0.2, -0.15) is 0 Å². The lowest BCUT2D eigenvalue weighted by Crippen LogP contribution is -2.51. The highest BCUT2D eigenvalue weighted by atomic mass is 32.1. The van der Waals surface area contributed by atoms with E-state index in [0.29, 0.717) is 36.1 Å². The minimum Gasteiger partial charge on any atom is -0.493 e. The lowest BCUT2D eigenvalue weighted by Gasteiger charge is -2.39. The minimum atomic E-state index is -0.00280. The molecule has 0 saturated carbocycles. The van der Waals surface area contributed by atoms with E-state index in [2.05, 4.69) is 11.9 Å². The van der Waals surface area contributed by atoms with Crippen LogP contribution in [0.3, 0.4) is 0 Å². The summed E-state index contributed by atoms with van der Waals surface area (Å²) >= 11 is 1.59. The summed E-state index contributed by atoms with van der Waals surface area (Å²) in [5.74, 6) is 1.56. The average molecular weight is 390 g/mol. The number of carbonyl (C=O) groups is 1. The standard InChI is InChI=1S/C20H27N3O3S/c1-13-5-4-8-23(17(13)10-21)20(24)15-6-7-18(19(9-15)25-3)26-11-16-12-27-14(2)22-16/h6-7,9,12-13,17H,4-5,8,10-11,21H2,1-3H3/t13-,17-/m1/s1. The molecule has 146 valence electrons. The zero-order valence-electron chi connectivity index (χ0n) is 16.1. The molecule has 2 atom stereocenters. The molecule has 0 aliphatic carbocycles. The Morgan fingerprint density at radius 1 is 1.41 bits per heavy atom. The van der Waals surface area contributed by atoms with Crippen LogP contribution >= 0.6 is 11.3 Å². The Morgan fingerprint density at radius 2 is 2.22 bits per heavy atom. The zero-order valence-corrected chi connectivity index (χ0v) is 16.9. The Balaban J connectivity index is 1.75. The van der Waals surface area contributed by atoms with Crippen LogP contribution in [-0.4, -0.2) is 42.0 Å². The molecule has 1 aromatic heterocycles. The maximum atomic E-state index is 13.0. The molecular formula is C20H27N3O3S. The molecule has 3 rings (SSSR count). The molecule has 0 bridgehead atoms. The molecular weight excluding hydrogens is 362 g/mol. The molecule has 2 aromatic rings. The largest absolute Gasteiger partial charge is 0.493 e. The number of aryl methyl sites for hydroxylation is 1. The van der Waals surface area contributed by atoms with Gasteiger partial charge in [-0.05, 0) is 43.9 Å². The van der Waals surface area contributed by atoms with Crippen LogP contribution in [0.1, 0.15) is 40.8 Å². The van der Waals surface area contributed by atoms with Crippen molar-refractivity contribution in [2.24, 2.45) is 11.7 Å². The van der Waals surface area contributed by atoms with E-state index in [1.165, 1.54) is 0 Å². The van der Waals surface area contributed by atoms with Crippen molar-refractivity contribution in [2.75, 3.05) is 20.2 Å². The summed E-state index contributed by atoms with van der Waals surface area (Å²) in [5, 5.41) is 2.98. The number of thiazole rings is 1. The topological polar surface area (TPSA) is 77.7 Å². The Kier molecular flexibility index (Phi) is 6.34. The van der Waals surface area contributed by atoms with Crippen molar-refractivity contribution >= 4 is 17.2 Å². The van der Waals surface area contributed by atoms with Gasteiger partial charge >= 0.3 is 0 Å². The molecule has 0 radical (unpaired) electrons. The highest BCUT2D eigenvalue weighted by Crippen LogP contribution is 2.31. The van der Waals surface area contributed by atoms with Crippen molar-refractivity contribution in [3.63, 3.8) is 0 Å². The lowest BCUT2D eigenvalue weighted by molar-refractivity contribution is 0.0532. The Hall–Kier alpha value is -2.12. The number of hydrogen-bond acceptors (Lipinski definition) is 6. The second-order valence-corrected chi connectivity index (χ2v) is 8.00. The van der Waals surface area contributed by atoms with Gasteiger partial charge in [0.2, 0.25) is 0 Å². The molecule has 1 fully saturated rings. The molecule has 2 N–H and O–H groups in total. The van der Waals surface area contributed by atoms with Crippen LogP contribution in [-0.2, 0) is 6.61 Å². The van der Waals surface area contributed by atoms with E-state index in [1.807, 2.05) is 17.2 Å². The van der Waals surface area contributed by atoms with E-state index >= 15 is 0 Å². The number of methoxy groups -OCH3 is 1. The molecule has 1 aliphatic rings.